The molecule has 2 heterocycles. The maximum Gasteiger partial charge on any atom is 0.350 e. The standard InChI is InChI=1S/C15H13Cl2N3O2.C7H3Br2NO.C5H12NO4P/c1-2-7-22-13-9-12(10(16)8-11(13)17)20-15(21)19-6-4-3-5-14(19)18-20;8-5-1-4(3-10)2-6(9)7(5)11;1-11(9,10)3-2-4(6)5(7)8/h1,8-9H,3-7H2;1-2,11H;4H,2-3,6H2,1H3,(H,7,8)(H,9,10). The van der Waals surface area contributed by atoms with E-state index in [0.29, 0.717) is 42.5 Å². The first kappa shape index (κ1) is 37.4. The maximum absolute atomic E-state index is 12.5. The van der Waals surface area contributed by atoms with E-state index in [4.69, 9.17) is 55.4 Å². The summed E-state index contributed by atoms with van der Waals surface area (Å²) in [6.07, 6.45) is 7.97. The Morgan fingerprint density at radius 3 is 2.41 bits per heavy atom. The first-order valence-electron chi connectivity index (χ1n) is 12.7. The molecule has 0 saturated heterocycles. The predicted octanol–water partition coefficient (Wildman–Crippen LogP) is 5.17. The predicted molar refractivity (Wildman–Crippen MR) is 174 cm³/mol. The molecule has 236 valence electrons. The minimum atomic E-state index is -3.10. The highest BCUT2D eigenvalue weighted by Gasteiger charge is 2.20. The first-order chi connectivity index (χ1) is 20.6. The third-order valence-corrected chi connectivity index (χ3v) is 8.72. The molecule has 1 aromatic heterocycles. The fraction of sp³-hybridized carbons (Fsp3) is 0.333. The number of nitrogens with zero attached hydrogens (tertiary/aromatic N) is 4. The average molecular weight is 796 g/mol. The van der Waals surface area contributed by atoms with Crippen molar-refractivity contribution in [3.05, 3.63) is 65.1 Å². The Hall–Kier alpha value is -2.81. The Morgan fingerprint density at radius 2 is 1.89 bits per heavy atom. The van der Waals surface area contributed by atoms with Crippen molar-refractivity contribution < 1.29 is 29.2 Å². The Morgan fingerprint density at radius 1 is 1.25 bits per heavy atom. The number of aryl methyl sites for hydroxylation is 1. The van der Waals surface area contributed by atoms with Crippen LogP contribution in [0.1, 0.15) is 30.7 Å². The number of phenolic OH excluding ortho intramolecular Hbond substituents is 1. The molecule has 2 atom stereocenters. The van der Waals surface area contributed by atoms with Crippen molar-refractivity contribution in [2.75, 3.05) is 19.4 Å². The highest BCUT2D eigenvalue weighted by molar-refractivity contribution is 9.11. The summed E-state index contributed by atoms with van der Waals surface area (Å²) >= 11 is 18.5. The van der Waals surface area contributed by atoms with Crippen molar-refractivity contribution in [1.29, 1.82) is 5.26 Å². The second kappa shape index (κ2) is 17.0. The summed E-state index contributed by atoms with van der Waals surface area (Å²) < 4.78 is 20.0. The van der Waals surface area contributed by atoms with E-state index in [1.165, 1.54) is 17.4 Å². The van der Waals surface area contributed by atoms with Gasteiger partial charge in [0, 0.05) is 31.9 Å². The molecule has 0 fully saturated rings. The fourth-order valence-corrected chi connectivity index (χ4v) is 6.06. The second-order valence-electron chi connectivity index (χ2n) is 9.35. The zero-order valence-electron chi connectivity index (χ0n) is 23.2. The number of benzene rings is 2. The molecule has 4 rings (SSSR count). The van der Waals surface area contributed by atoms with E-state index in [1.54, 1.807) is 22.8 Å². The summed E-state index contributed by atoms with van der Waals surface area (Å²) in [5.41, 5.74) is 5.82. The topological polar surface area (TPSA) is 194 Å². The van der Waals surface area contributed by atoms with E-state index in [2.05, 4.69) is 42.9 Å². The summed E-state index contributed by atoms with van der Waals surface area (Å²) in [5, 5.41) is 31.0. The molecule has 0 aliphatic carbocycles. The Labute approximate surface area is 280 Å². The fourth-order valence-electron chi connectivity index (χ4n) is 3.60. The van der Waals surface area contributed by atoms with Crippen molar-refractivity contribution in [2.45, 2.75) is 38.3 Å². The number of carbonyl (C=O) groups is 1. The van der Waals surface area contributed by atoms with Crippen LogP contribution >= 0.6 is 62.4 Å². The number of aromatic hydroxyl groups is 1. The van der Waals surface area contributed by atoms with Crippen LogP contribution in [-0.2, 0) is 22.3 Å². The summed E-state index contributed by atoms with van der Waals surface area (Å²) in [7, 11) is -3.10. The number of nitrogens with two attached hydrogens (primary N) is 1. The van der Waals surface area contributed by atoms with Crippen LogP contribution < -0.4 is 16.2 Å². The molecule has 0 bridgehead atoms. The number of carboxylic acids is 1. The number of phenols is 1. The number of hydrogen-bond donors (Lipinski definition) is 4. The largest absolute Gasteiger partial charge is 0.506 e. The Balaban J connectivity index is 0.000000259. The third-order valence-electron chi connectivity index (χ3n) is 5.83. The van der Waals surface area contributed by atoms with Crippen LogP contribution in [0.5, 0.6) is 11.5 Å². The third kappa shape index (κ3) is 11.0. The van der Waals surface area contributed by atoms with Gasteiger partial charge < -0.3 is 25.6 Å². The summed E-state index contributed by atoms with van der Waals surface area (Å²) in [6.45, 7) is 1.94. The van der Waals surface area contributed by atoms with Gasteiger partial charge in [-0.25, -0.2) is 4.79 Å². The molecular formula is C27H28Br2Cl2N5O7P. The van der Waals surface area contributed by atoms with Gasteiger partial charge in [0.15, 0.2) is 7.37 Å². The Bertz CT molecular complexity index is 1670. The van der Waals surface area contributed by atoms with E-state index >= 15 is 0 Å². The highest BCUT2D eigenvalue weighted by Crippen LogP contribution is 2.36. The molecule has 1 aliphatic heterocycles. The van der Waals surface area contributed by atoms with Crippen molar-refractivity contribution in [1.82, 2.24) is 14.3 Å². The van der Waals surface area contributed by atoms with Gasteiger partial charge >= 0.3 is 11.7 Å². The first-order valence-corrected chi connectivity index (χ1v) is 17.3. The number of ether oxygens (including phenoxy) is 1. The molecule has 44 heavy (non-hydrogen) atoms. The van der Waals surface area contributed by atoms with E-state index in [0.717, 1.165) is 25.1 Å². The van der Waals surface area contributed by atoms with E-state index in [9.17, 15) is 19.3 Å². The number of nitriles is 1. The number of terminal acetylenes is 1. The van der Waals surface area contributed by atoms with Crippen molar-refractivity contribution in [3.8, 4) is 35.6 Å². The number of hydrogen-bond acceptors (Lipinski definition) is 8. The van der Waals surface area contributed by atoms with Crippen LogP contribution in [0.3, 0.4) is 0 Å². The lowest BCUT2D eigenvalue weighted by atomic mass is 10.2. The van der Waals surface area contributed by atoms with Crippen LogP contribution in [0.15, 0.2) is 38.0 Å². The molecule has 1 aliphatic rings. The van der Waals surface area contributed by atoms with Gasteiger partial charge in [0.2, 0.25) is 0 Å². The molecule has 0 radical (unpaired) electrons. The van der Waals surface area contributed by atoms with Crippen molar-refractivity contribution in [2.24, 2.45) is 5.73 Å². The van der Waals surface area contributed by atoms with Crippen LogP contribution in [0, 0.1) is 23.7 Å². The van der Waals surface area contributed by atoms with Crippen molar-refractivity contribution >= 4 is 68.4 Å². The van der Waals surface area contributed by atoms with Crippen LogP contribution in [0.4, 0.5) is 0 Å². The molecule has 0 saturated carbocycles. The van der Waals surface area contributed by atoms with E-state index in [-0.39, 0.29) is 30.6 Å². The summed E-state index contributed by atoms with van der Waals surface area (Å²) in [6, 6.07) is 7.15. The lowest BCUT2D eigenvalue weighted by Crippen LogP contribution is -2.30. The van der Waals surface area contributed by atoms with Gasteiger partial charge in [-0.2, -0.15) is 9.94 Å². The SMILES string of the molecule is C#CCOc1cc(-n2nc3n(c2=O)CCCC3)c(Cl)cc1Cl.CP(=O)(O)CCC(N)C(=O)O.N#Cc1cc(Br)c(O)c(Br)c1. The van der Waals surface area contributed by atoms with Crippen molar-refractivity contribution in [3.63, 3.8) is 0 Å². The minimum absolute atomic E-state index is 0.0412. The molecule has 5 N–H and O–H groups in total. The molecule has 0 spiro atoms. The zero-order valence-corrected chi connectivity index (χ0v) is 28.8. The number of fused-ring (bicyclic) bond motifs is 1. The van der Waals surface area contributed by atoms with Gasteiger partial charge in [0.1, 0.15) is 30.0 Å². The Kier molecular flexibility index (Phi) is 14.5. The van der Waals surface area contributed by atoms with Gasteiger partial charge in [-0.05, 0) is 69.3 Å². The molecular weight excluding hydrogens is 768 g/mol. The number of halogens is 4. The van der Waals surface area contributed by atoms with Crippen LogP contribution in [0.2, 0.25) is 10.0 Å². The van der Waals surface area contributed by atoms with Gasteiger partial charge in [-0.15, -0.1) is 11.5 Å². The van der Waals surface area contributed by atoms with Crippen LogP contribution in [-0.4, -0.2) is 60.9 Å². The average Bonchev–Trinajstić information content (AvgIpc) is 3.30. The number of rotatable bonds is 7. The van der Waals surface area contributed by atoms with E-state index < -0.39 is 19.4 Å². The number of carboxylic acid groups (broad SMARTS) is 1. The monoisotopic (exact) mass is 793 g/mol. The lowest BCUT2D eigenvalue weighted by molar-refractivity contribution is -0.138. The second-order valence-corrected chi connectivity index (χ2v) is 14.4. The van der Waals surface area contributed by atoms with Gasteiger partial charge in [-0.3, -0.25) is 13.9 Å². The summed E-state index contributed by atoms with van der Waals surface area (Å²) in [4.78, 5) is 31.4. The maximum atomic E-state index is 12.5. The minimum Gasteiger partial charge on any atom is -0.506 e. The molecule has 0 amide bonds. The molecule has 17 heteroatoms. The highest BCUT2D eigenvalue weighted by atomic mass is 79.9. The number of aliphatic carboxylic acids is 1. The zero-order chi connectivity index (χ0) is 33.2. The normalized spacial score (nSPS) is 13.8. The van der Waals surface area contributed by atoms with Gasteiger partial charge in [0.05, 0.1) is 36.3 Å². The molecule has 3 aromatic rings. The quantitative estimate of drug-likeness (QED) is 0.183. The molecule has 2 aromatic carbocycles. The van der Waals surface area contributed by atoms with Gasteiger partial charge in [-0.1, -0.05) is 29.1 Å². The molecule has 2 unspecified atom stereocenters. The molecule has 12 nitrogen and oxygen atoms in total. The lowest BCUT2D eigenvalue weighted by Gasteiger charge is -2.09. The van der Waals surface area contributed by atoms with Gasteiger partial charge in [0.25, 0.3) is 0 Å². The van der Waals surface area contributed by atoms with Crippen LogP contribution in [0.25, 0.3) is 5.69 Å². The smallest absolute Gasteiger partial charge is 0.350 e. The van der Waals surface area contributed by atoms with E-state index in [1.807, 2.05) is 6.07 Å². The summed E-state index contributed by atoms with van der Waals surface area (Å²) in [5.74, 6) is 2.48. The number of aromatic nitrogens is 3.